The molecule has 24 heavy (non-hydrogen) atoms. The molecule has 1 saturated heterocycles. The number of nitrogens with one attached hydrogen (secondary N) is 1. The summed E-state index contributed by atoms with van der Waals surface area (Å²) in [5, 5.41) is 8.06. The van der Waals surface area contributed by atoms with Gasteiger partial charge in [-0.3, -0.25) is 9.67 Å². The maximum Gasteiger partial charge on any atom is 0.338 e. The minimum absolute atomic E-state index is 0.327. The van der Waals surface area contributed by atoms with Crippen LogP contribution in [-0.4, -0.2) is 40.9 Å². The molecular weight excluding hydrogens is 304 g/mol. The molecule has 0 saturated carbocycles. The summed E-state index contributed by atoms with van der Waals surface area (Å²) in [7, 11) is 1.40. The number of hydrogen-bond donors (Lipinski definition) is 1. The molecule has 0 aromatic carbocycles. The summed E-state index contributed by atoms with van der Waals surface area (Å²) >= 11 is 0. The van der Waals surface area contributed by atoms with Crippen molar-refractivity contribution in [3.63, 3.8) is 0 Å². The second-order valence-electron chi connectivity index (χ2n) is 6.24. The summed E-state index contributed by atoms with van der Waals surface area (Å²) in [6.07, 6.45) is 9.33. The highest BCUT2D eigenvalue weighted by molar-refractivity contribution is 5.90. The molecule has 0 spiro atoms. The van der Waals surface area contributed by atoms with Gasteiger partial charge < -0.3 is 10.1 Å². The van der Waals surface area contributed by atoms with Crippen molar-refractivity contribution in [3.05, 3.63) is 47.0 Å². The van der Waals surface area contributed by atoms with E-state index in [0.717, 1.165) is 37.1 Å². The topological polar surface area (TPSA) is 69.0 Å². The van der Waals surface area contributed by atoms with Gasteiger partial charge in [-0.25, -0.2) is 4.79 Å². The minimum atomic E-state index is -0.327. The molecule has 3 rings (SSSR count). The molecule has 0 radical (unpaired) electrons. The SMILES string of the molecule is COC(=O)c1ccncc1Cc1cnn([C@@H]2CCCNCC2)c1C. The molecule has 2 aromatic rings. The zero-order valence-electron chi connectivity index (χ0n) is 14.3. The number of esters is 1. The number of aromatic nitrogens is 3. The highest BCUT2D eigenvalue weighted by atomic mass is 16.5. The van der Waals surface area contributed by atoms with Gasteiger partial charge in [-0.05, 0) is 56.5 Å². The number of carbonyl (C=O) groups is 1. The molecule has 1 N–H and O–H groups in total. The van der Waals surface area contributed by atoms with E-state index in [1.165, 1.54) is 19.2 Å². The average Bonchev–Trinajstić information content (AvgIpc) is 2.81. The number of hydrogen-bond acceptors (Lipinski definition) is 5. The Bertz CT molecular complexity index is 703. The zero-order chi connectivity index (χ0) is 16.9. The largest absolute Gasteiger partial charge is 0.465 e. The van der Waals surface area contributed by atoms with Crippen molar-refractivity contribution in [1.82, 2.24) is 20.1 Å². The van der Waals surface area contributed by atoms with E-state index < -0.39 is 0 Å². The van der Waals surface area contributed by atoms with Crippen LogP contribution in [0.2, 0.25) is 0 Å². The molecule has 0 aliphatic carbocycles. The highest BCUT2D eigenvalue weighted by Crippen LogP contribution is 2.24. The van der Waals surface area contributed by atoms with Gasteiger partial charge in [0.25, 0.3) is 0 Å². The molecular formula is C18H24N4O2. The van der Waals surface area contributed by atoms with Crippen LogP contribution in [0.4, 0.5) is 0 Å². The van der Waals surface area contributed by atoms with E-state index in [9.17, 15) is 4.79 Å². The van der Waals surface area contributed by atoms with Crippen molar-refractivity contribution in [2.45, 2.75) is 38.6 Å². The van der Waals surface area contributed by atoms with E-state index in [1.807, 2.05) is 6.20 Å². The number of carbonyl (C=O) groups excluding carboxylic acids is 1. The summed E-state index contributed by atoms with van der Waals surface area (Å²) < 4.78 is 7.01. The minimum Gasteiger partial charge on any atom is -0.465 e. The number of rotatable bonds is 4. The van der Waals surface area contributed by atoms with Gasteiger partial charge in [0.05, 0.1) is 24.9 Å². The first-order valence-corrected chi connectivity index (χ1v) is 8.45. The molecule has 1 atom stereocenters. The Labute approximate surface area is 142 Å². The molecule has 1 aliphatic heterocycles. The molecule has 1 fully saturated rings. The fourth-order valence-electron chi connectivity index (χ4n) is 3.33. The predicted octanol–water partition coefficient (Wildman–Crippen LogP) is 2.28. The third-order valence-electron chi connectivity index (χ3n) is 4.73. The zero-order valence-corrected chi connectivity index (χ0v) is 14.3. The Balaban J connectivity index is 1.83. The van der Waals surface area contributed by atoms with Crippen molar-refractivity contribution in [3.8, 4) is 0 Å². The Hall–Kier alpha value is -2.21. The third kappa shape index (κ3) is 3.48. The monoisotopic (exact) mass is 328 g/mol. The molecule has 0 amide bonds. The van der Waals surface area contributed by atoms with Gasteiger partial charge in [-0.2, -0.15) is 5.10 Å². The van der Waals surface area contributed by atoms with Crippen LogP contribution in [0.25, 0.3) is 0 Å². The van der Waals surface area contributed by atoms with Gasteiger partial charge >= 0.3 is 5.97 Å². The molecule has 0 bridgehead atoms. The molecule has 1 aliphatic rings. The van der Waals surface area contributed by atoms with Crippen molar-refractivity contribution in [2.24, 2.45) is 0 Å². The second-order valence-corrected chi connectivity index (χ2v) is 6.24. The fourth-order valence-corrected chi connectivity index (χ4v) is 3.33. The Morgan fingerprint density at radius 2 is 2.21 bits per heavy atom. The lowest BCUT2D eigenvalue weighted by Gasteiger charge is -2.17. The Morgan fingerprint density at radius 1 is 1.33 bits per heavy atom. The normalized spacial score (nSPS) is 18.2. The highest BCUT2D eigenvalue weighted by Gasteiger charge is 2.19. The lowest BCUT2D eigenvalue weighted by atomic mass is 10.0. The van der Waals surface area contributed by atoms with Gasteiger partial charge in [0.15, 0.2) is 0 Å². The van der Waals surface area contributed by atoms with E-state index in [1.54, 1.807) is 18.5 Å². The molecule has 128 valence electrons. The van der Waals surface area contributed by atoms with Crippen LogP contribution in [0, 0.1) is 6.92 Å². The van der Waals surface area contributed by atoms with E-state index in [-0.39, 0.29) is 5.97 Å². The summed E-state index contributed by atoms with van der Waals surface area (Å²) in [5.41, 5.74) is 3.74. The van der Waals surface area contributed by atoms with Gasteiger partial charge in [0.2, 0.25) is 0 Å². The van der Waals surface area contributed by atoms with Gasteiger partial charge in [0.1, 0.15) is 0 Å². The smallest absolute Gasteiger partial charge is 0.338 e. The number of nitrogens with zero attached hydrogens (tertiary/aromatic N) is 3. The van der Waals surface area contributed by atoms with E-state index in [2.05, 4.69) is 27.0 Å². The quantitative estimate of drug-likeness (QED) is 0.872. The van der Waals surface area contributed by atoms with Crippen LogP contribution in [0.1, 0.15) is 52.5 Å². The summed E-state index contributed by atoms with van der Waals surface area (Å²) in [6, 6.07) is 2.15. The molecule has 2 aromatic heterocycles. The summed E-state index contributed by atoms with van der Waals surface area (Å²) in [4.78, 5) is 16.1. The molecule has 3 heterocycles. The van der Waals surface area contributed by atoms with Crippen LogP contribution in [0.15, 0.2) is 24.7 Å². The van der Waals surface area contributed by atoms with Crippen LogP contribution in [-0.2, 0) is 11.2 Å². The second kappa shape index (κ2) is 7.57. The standard InChI is InChI=1S/C18H24N4O2/c1-13-14(10-15-11-20-9-6-17(15)18(23)24-2)12-21-22(13)16-4-3-7-19-8-5-16/h6,9,11-12,16,19H,3-5,7-8,10H2,1-2H3/t16-/m1/s1. The van der Waals surface area contributed by atoms with Crippen molar-refractivity contribution >= 4 is 5.97 Å². The maximum atomic E-state index is 11.9. The first-order valence-electron chi connectivity index (χ1n) is 8.45. The molecule has 0 unspecified atom stereocenters. The number of ether oxygens (including phenoxy) is 1. The van der Waals surface area contributed by atoms with E-state index in [0.29, 0.717) is 18.0 Å². The predicted molar refractivity (Wildman–Crippen MR) is 91.1 cm³/mol. The first-order chi connectivity index (χ1) is 11.7. The third-order valence-corrected chi connectivity index (χ3v) is 4.73. The average molecular weight is 328 g/mol. The van der Waals surface area contributed by atoms with Crippen molar-refractivity contribution in [2.75, 3.05) is 20.2 Å². The fraction of sp³-hybridized carbons (Fsp3) is 0.500. The van der Waals surface area contributed by atoms with Crippen LogP contribution in [0.5, 0.6) is 0 Å². The maximum absolute atomic E-state index is 11.9. The Kier molecular flexibility index (Phi) is 5.25. The Morgan fingerprint density at radius 3 is 3.04 bits per heavy atom. The van der Waals surface area contributed by atoms with Gasteiger partial charge in [-0.1, -0.05) is 0 Å². The number of pyridine rings is 1. The van der Waals surface area contributed by atoms with Crippen molar-refractivity contribution < 1.29 is 9.53 Å². The first kappa shape index (κ1) is 16.6. The van der Waals surface area contributed by atoms with Crippen LogP contribution < -0.4 is 5.32 Å². The van der Waals surface area contributed by atoms with Crippen LogP contribution in [0.3, 0.4) is 0 Å². The molecule has 6 heteroatoms. The van der Waals surface area contributed by atoms with Crippen LogP contribution >= 0.6 is 0 Å². The van der Waals surface area contributed by atoms with E-state index in [4.69, 9.17) is 4.74 Å². The number of methoxy groups -OCH3 is 1. The lowest BCUT2D eigenvalue weighted by molar-refractivity contribution is 0.0599. The lowest BCUT2D eigenvalue weighted by Crippen LogP contribution is -2.16. The summed E-state index contributed by atoms with van der Waals surface area (Å²) in [5.74, 6) is -0.327. The summed E-state index contributed by atoms with van der Waals surface area (Å²) in [6.45, 7) is 4.23. The van der Waals surface area contributed by atoms with E-state index >= 15 is 0 Å². The van der Waals surface area contributed by atoms with Gasteiger partial charge in [-0.15, -0.1) is 0 Å². The molecule has 6 nitrogen and oxygen atoms in total. The van der Waals surface area contributed by atoms with Crippen molar-refractivity contribution in [1.29, 1.82) is 0 Å². The van der Waals surface area contributed by atoms with Gasteiger partial charge in [0, 0.05) is 24.5 Å².